The lowest BCUT2D eigenvalue weighted by atomic mass is 9.77. The topological polar surface area (TPSA) is 29.0 Å². The summed E-state index contributed by atoms with van der Waals surface area (Å²) in [5, 5.41) is 0. The average molecular weight is 257 g/mol. The molecule has 0 amide bonds. The summed E-state index contributed by atoms with van der Waals surface area (Å²) < 4.78 is 37.8. The first-order valence-corrected chi connectivity index (χ1v) is 6.15. The highest BCUT2D eigenvalue weighted by atomic mass is 19.4. The molecule has 4 rings (SSSR count). The van der Waals surface area contributed by atoms with Crippen molar-refractivity contribution in [2.75, 3.05) is 19.6 Å². The van der Waals surface area contributed by atoms with Gasteiger partial charge >= 0.3 is 6.18 Å². The first kappa shape index (κ1) is 11.9. The largest absolute Gasteiger partial charge is 0.434 e. The van der Waals surface area contributed by atoms with E-state index in [1.807, 2.05) is 0 Å². The molecule has 0 spiro atoms. The Balaban J connectivity index is 1.88. The number of aromatic nitrogens is 2. The minimum absolute atomic E-state index is 0.113. The molecule has 0 radical (unpaired) electrons. The van der Waals surface area contributed by atoms with Gasteiger partial charge in [0.05, 0.1) is 11.9 Å². The Morgan fingerprint density at radius 2 is 1.89 bits per heavy atom. The molecule has 98 valence electrons. The number of fused-ring (bicyclic) bond motifs is 3. The van der Waals surface area contributed by atoms with Crippen LogP contribution in [0.2, 0.25) is 0 Å². The fourth-order valence-electron chi connectivity index (χ4n) is 3.00. The van der Waals surface area contributed by atoms with Gasteiger partial charge < -0.3 is 4.90 Å². The van der Waals surface area contributed by atoms with Crippen molar-refractivity contribution in [3.05, 3.63) is 23.8 Å². The van der Waals surface area contributed by atoms with E-state index in [0.717, 1.165) is 38.7 Å². The highest BCUT2D eigenvalue weighted by Crippen LogP contribution is 2.38. The molecule has 0 N–H and O–H groups in total. The second-order valence-corrected chi connectivity index (χ2v) is 5.07. The molecule has 4 heterocycles. The van der Waals surface area contributed by atoms with Crippen LogP contribution in [0.5, 0.6) is 0 Å². The van der Waals surface area contributed by atoms with Gasteiger partial charge in [0.25, 0.3) is 0 Å². The molecule has 3 nitrogen and oxygen atoms in total. The molecule has 1 aromatic heterocycles. The predicted octanol–water partition coefficient (Wildman–Crippen LogP) is 2.30. The van der Waals surface area contributed by atoms with Crippen molar-refractivity contribution in [1.82, 2.24) is 14.9 Å². The SMILES string of the molecule is FC(F)(F)c1cncc([C@H]2CN3CCC2CC3)n1. The van der Waals surface area contributed by atoms with Crippen molar-refractivity contribution in [2.45, 2.75) is 24.9 Å². The number of nitrogens with zero attached hydrogens (tertiary/aromatic N) is 3. The normalized spacial score (nSPS) is 31.6. The van der Waals surface area contributed by atoms with Crippen LogP contribution in [-0.2, 0) is 6.18 Å². The number of alkyl halides is 3. The molecular weight excluding hydrogens is 243 g/mol. The molecular formula is C12H14F3N3. The molecule has 6 heteroatoms. The highest BCUT2D eigenvalue weighted by Gasteiger charge is 2.38. The van der Waals surface area contributed by atoms with Crippen LogP contribution in [0.4, 0.5) is 13.2 Å². The Morgan fingerprint density at radius 1 is 1.17 bits per heavy atom. The van der Waals surface area contributed by atoms with Crippen LogP contribution in [0.15, 0.2) is 12.4 Å². The summed E-state index contributed by atoms with van der Waals surface area (Å²) in [5.41, 5.74) is -0.379. The van der Waals surface area contributed by atoms with E-state index < -0.39 is 11.9 Å². The zero-order valence-electron chi connectivity index (χ0n) is 9.82. The van der Waals surface area contributed by atoms with Gasteiger partial charge in [-0.1, -0.05) is 0 Å². The predicted molar refractivity (Wildman–Crippen MR) is 58.9 cm³/mol. The number of halogens is 3. The number of hydrogen-bond acceptors (Lipinski definition) is 3. The van der Waals surface area contributed by atoms with E-state index >= 15 is 0 Å². The van der Waals surface area contributed by atoms with Crippen LogP contribution in [-0.4, -0.2) is 34.5 Å². The Morgan fingerprint density at radius 3 is 2.44 bits per heavy atom. The van der Waals surface area contributed by atoms with Crippen molar-refractivity contribution < 1.29 is 13.2 Å². The van der Waals surface area contributed by atoms with Crippen LogP contribution in [0.3, 0.4) is 0 Å². The molecule has 1 atom stereocenters. The monoisotopic (exact) mass is 257 g/mol. The highest BCUT2D eigenvalue weighted by molar-refractivity contribution is 5.14. The van der Waals surface area contributed by atoms with E-state index in [1.54, 1.807) is 0 Å². The van der Waals surface area contributed by atoms with Crippen molar-refractivity contribution in [1.29, 1.82) is 0 Å². The molecule has 0 aromatic carbocycles. The van der Waals surface area contributed by atoms with Crippen LogP contribution in [0, 0.1) is 5.92 Å². The molecule has 0 aliphatic carbocycles. The summed E-state index contributed by atoms with van der Waals surface area (Å²) in [4.78, 5) is 9.78. The smallest absolute Gasteiger partial charge is 0.303 e. The lowest BCUT2D eigenvalue weighted by molar-refractivity contribution is -0.141. The van der Waals surface area contributed by atoms with Gasteiger partial charge in [0.15, 0.2) is 5.69 Å². The van der Waals surface area contributed by atoms with E-state index in [1.165, 1.54) is 6.20 Å². The van der Waals surface area contributed by atoms with Crippen LogP contribution >= 0.6 is 0 Å². The molecule has 3 fully saturated rings. The summed E-state index contributed by atoms with van der Waals surface area (Å²) in [7, 11) is 0. The fraction of sp³-hybridized carbons (Fsp3) is 0.667. The van der Waals surface area contributed by atoms with Crippen molar-refractivity contribution >= 4 is 0 Å². The third-order valence-electron chi connectivity index (χ3n) is 3.98. The van der Waals surface area contributed by atoms with Gasteiger partial charge in [-0.3, -0.25) is 4.98 Å². The van der Waals surface area contributed by atoms with E-state index in [0.29, 0.717) is 11.6 Å². The zero-order valence-corrected chi connectivity index (χ0v) is 9.82. The molecule has 18 heavy (non-hydrogen) atoms. The van der Waals surface area contributed by atoms with Gasteiger partial charge in [0.2, 0.25) is 0 Å². The summed E-state index contributed by atoms with van der Waals surface area (Å²) in [5.74, 6) is 0.579. The molecule has 0 saturated carbocycles. The number of rotatable bonds is 1. The summed E-state index contributed by atoms with van der Waals surface area (Å²) in [6.07, 6.45) is -0.00520. The average Bonchev–Trinajstić information content (AvgIpc) is 2.39. The van der Waals surface area contributed by atoms with Crippen LogP contribution in [0.25, 0.3) is 0 Å². The Bertz CT molecular complexity index is 438. The maximum atomic E-state index is 12.6. The van der Waals surface area contributed by atoms with Crippen molar-refractivity contribution in [3.8, 4) is 0 Å². The minimum Gasteiger partial charge on any atom is -0.303 e. The van der Waals surface area contributed by atoms with Gasteiger partial charge in [-0.05, 0) is 31.8 Å². The minimum atomic E-state index is -4.41. The molecule has 2 bridgehead atoms. The van der Waals surface area contributed by atoms with Gasteiger partial charge in [0.1, 0.15) is 0 Å². The van der Waals surface area contributed by atoms with Gasteiger partial charge in [0, 0.05) is 18.7 Å². The lowest BCUT2D eigenvalue weighted by Crippen LogP contribution is -2.46. The Labute approximate surface area is 103 Å². The first-order chi connectivity index (χ1) is 8.54. The molecule has 0 unspecified atom stereocenters. The van der Waals surface area contributed by atoms with E-state index in [4.69, 9.17) is 0 Å². The van der Waals surface area contributed by atoms with E-state index in [2.05, 4.69) is 14.9 Å². The van der Waals surface area contributed by atoms with Gasteiger partial charge in [-0.15, -0.1) is 0 Å². The quantitative estimate of drug-likeness (QED) is 0.773. The standard InChI is InChI=1S/C12H14F3N3/c13-12(14,15)11-6-16-5-10(17-11)9-7-18-3-1-8(9)2-4-18/h5-6,8-9H,1-4,7H2/t9-/m0/s1. The Hall–Kier alpha value is -1.17. The summed E-state index contributed by atoms with van der Waals surface area (Å²) in [6, 6.07) is 0. The van der Waals surface area contributed by atoms with Gasteiger partial charge in [-0.2, -0.15) is 13.2 Å². The second kappa shape index (κ2) is 4.19. The zero-order chi connectivity index (χ0) is 12.8. The molecule has 1 aromatic rings. The Kier molecular flexibility index (Phi) is 2.77. The van der Waals surface area contributed by atoms with Crippen molar-refractivity contribution in [3.63, 3.8) is 0 Å². The molecule has 3 aliphatic heterocycles. The maximum Gasteiger partial charge on any atom is 0.434 e. The molecule has 3 aliphatic rings. The number of hydrogen-bond donors (Lipinski definition) is 0. The van der Waals surface area contributed by atoms with Crippen LogP contribution in [0.1, 0.15) is 30.1 Å². The summed E-state index contributed by atoms with van der Waals surface area (Å²) >= 11 is 0. The van der Waals surface area contributed by atoms with Crippen LogP contribution < -0.4 is 0 Å². The second-order valence-electron chi connectivity index (χ2n) is 5.07. The fourth-order valence-corrected chi connectivity index (χ4v) is 3.00. The molecule has 3 saturated heterocycles. The maximum absolute atomic E-state index is 12.6. The third kappa shape index (κ3) is 2.09. The van der Waals surface area contributed by atoms with Crippen molar-refractivity contribution in [2.24, 2.45) is 5.92 Å². The lowest BCUT2D eigenvalue weighted by Gasteiger charge is -2.44. The van der Waals surface area contributed by atoms with E-state index in [-0.39, 0.29) is 5.92 Å². The first-order valence-electron chi connectivity index (χ1n) is 6.15. The van der Waals surface area contributed by atoms with Gasteiger partial charge in [-0.25, -0.2) is 4.98 Å². The third-order valence-corrected chi connectivity index (χ3v) is 3.98. The van der Waals surface area contributed by atoms with E-state index in [9.17, 15) is 13.2 Å². The summed E-state index contributed by atoms with van der Waals surface area (Å²) in [6.45, 7) is 2.95. The number of piperidine rings is 3.